The van der Waals surface area contributed by atoms with Gasteiger partial charge in [0.2, 0.25) is 0 Å². The Hall–Kier alpha value is 0.110. The van der Waals surface area contributed by atoms with Gasteiger partial charge in [0.25, 0.3) is 0 Å². The molecule has 0 fully saturated rings. The van der Waals surface area contributed by atoms with E-state index in [1.165, 1.54) is 4.90 Å². The first-order valence-corrected chi connectivity index (χ1v) is 5.55. The number of carboxylic acid groups (broad SMARTS) is 2. The van der Waals surface area contributed by atoms with Crippen molar-refractivity contribution >= 4 is 11.9 Å². The second-order valence-corrected chi connectivity index (χ2v) is 4.15. The first-order chi connectivity index (χ1) is 8.38. The van der Waals surface area contributed by atoms with Crippen molar-refractivity contribution in [2.75, 3.05) is 19.6 Å². The summed E-state index contributed by atoms with van der Waals surface area (Å²) in [5.74, 6) is -2.07. The number of hydrogen-bond acceptors (Lipinski definition) is 4. The van der Waals surface area contributed by atoms with Crippen LogP contribution in [0, 0.1) is 13.8 Å². The Morgan fingerprint density at radius 1 is 1.25 bits per heavy atom. The van der Waals surface area contributed by atoms with Gasteiger partial charge in [-0.25, -0.2) is 0 Å². The molecule has 0 radical (unpaired) electrons. The molecule has 1 aromatic heterocycles. The van der Waals surface area contributed by atoms with Crippen LogP contribution in [0.3, 0.4) is 0 Å². The number of hydrogen-bond donors (Lipinski definition) is 2. The van der Waals surface area contributed by atoms with Crippen molar-refractivity contribution < 1.29 is 81.8 Å². The number of carboxylic acids is 2. The first kappa shape index (κ1) is 22.4. The summed E-state index contributed by atoms with van der Waals surface area (Å²) in [5.41, 5.74) is 1.86. The molecule has 0 unspecified atom stereocenters. The summed E-state index contributed by atoms with van der Waals surface area (Å²) >= 11 is 0. The maximum Gasteiger partial charge on any atom is 1.00 e. The maximum absolute atomic E-state index is 10.6. The average molecular weight is 303 g/mol. The minimum Gasteiger partial charge on any atom is -1.00 e. The number of rotatable bonds is 7. The number of nitrogens with zero attached hydrogens (tertiary/aromatic N) is 3. The van der Waals surface area contributed by atoms with Gasteiger partial charge in [0.1, 0.15) is 0 Å². The van der Waals surface area contributed by atoms with E-state index in [-0.39, 0.29) is 75.1 Å². The van der Waals surface area contributed by atoms with Gasteiger partial charge in [-0.2, -0.15) is 5.10 Å². The van der Waals surface area contributed by atoms with Crippen LogP contribution in [0.5, 0.6) is 0 Å². The Bertz CT molecular complexity index is 445. The molecule has 20 heavy (non-hydrogen) atoms. The SMILES string of the molecule is Cc1cc(C)n(CCN(CC(=O)O)CC(=O)O)n1.[H-].[H-].[Na+].[Na+]. The molecule has 0 spiro atoms. The smallest absolute Gasteiger partial charge is 1.00 e. The molecule has 1 heterocycles. The fourth-order valence-corrected chi connectivity index (χ4v) is 1.73. The van der Waals surface area contributed by atoms with E-state index in [1.807, 2.05) is 19.9 Å². The molecule has 1 aromatic rings. The predicted octanol–water partition coefficient (Wildman–Crippen LogP) is -5.80. The fraction of sp³-hybridized carbons (Fsp3) is 0.545. The molecule has 0 saturated heterocycles. The molecule has 1 rings (SSSR count). The molecule has 0 aliphatic carbocycles. The summed E-state index contributed by atoms with van der Waals surface area (Å²) in [6.07, 6.45) is 0. The van der Waals surface area contributed by atoms with E-state index >= 15 is 0 Å². The van der Waals surface area contributed by atoms with Gasteiger partial charge in [-0.15, -0.1) is 0 Å². The number of aryl methyl sites for hydroxylation is 2. The summed E-state index contributed by atoms with van der Waals surface area (Å²) in [6.45, 7) is 4.01. The summed E-state index contributed by atoms with van der Waals surface area (Å²) in [6, 6.07) is 1.92. The molecule has 0 saturated carbocycles. The van der Waals surface area contributed by atoms with E-state index in [2.05, 4.69) is 5.10 Å². The predicted molar refractivity (Wildman–Crippen MR) is 65.6 cm³/mol. The van der Waals surface area contributed by atoms with Gasteiger partial charge >= 0.3 is 71.1 Å². The van der Waals surface area contributed by atoms with Gasteiger partial charge in [0.15, 0.2) is 0 Å². The van der Waals surface area contributed by atoms with Gasteiger partial charge in [0, 0.05) is 12.2 Å². The number of aromatic nitrogens is 2. The maximum atomic E-state index is 10.6. The van der Waals surface area contributed by atoms with Gasteiger partial charge in [0.05, 0.1) is 25.3 Å². The van der Waals surface area contributed by atoms with E-state index in [0.717, 1.165) is 11.4 Å². The van der Waals surface area contributed by atoms with Crippen molar-refractivity contribution in [1.82, 2.24) is 14.7 Å². The van der Waals surface area contributed by atoms with E-state index in [1.54, 1.807) is 4.68 Å². The van der Waals surface area contributed by atoms with Gasteiger partial charge in [-0.05, 0) is 19.9 Å². The number of carbonyl (C=O) groups is 2. The Morgan fingerprint density at radius 2 is 1.75 bits per heavy atom. The van der Waals surface area contributed by atoms with Crippen LogP contribution in [0.25, 0.3) is 0 Å². The van der Waals surface area contributed by atoms with Gasteiger partial charge in [-0.1, -0.05) is 0 Å². The third kappa shape index (κ3) is 8.41. The summed E-state index contributed by atoms with van der Waals surface area (Å²) in [4.78, 5) is 22.6. The minimum absolute atomic E-state index is 0. The van der Waals surface area contributed by atoms with Crippen molar-refractivity contribution in [3.63, 3.8) is 0 Å². The molecule has 0 aliphatic heterocycles. The Labute approximate surface area is 164 Å². The first-order valence-electron chi connectivity index (χ1n) is 5.55. The average Bonchev–Trinajstić information content (AvgIpc) is 2.52. The Kier molecular flexibility index (Phi) is 12.1. The monoisotopic (exact) mass is 303 g/mol. The van der Waals surface area contributed by atoms with Crippen LogP contribution in [0.2, 0.25) is 0 Å². The van der Waals surface area contributed by atoms with Crippen LogP contribution in [0.15, 0.2) is 6.07 Å². The molecule has 0 amide bonds. The third-order valence-electron chi connectivity index (χ3n) is 2.45. The quantitative estimate of drug-likeness (QED) is 0.487. The molecular formula is C11H19N3Na2O4. The third-order valence-corrected chi connectivity index (χ3v) is 2.45. The van der Waals surface area contributed by atoms with Gasteiger partial charge in [-0.3, -0.25) is 19.2 Å². The van der Waals surface area contributed by atoms with Crippen molar-refractivity contribution in [3.8, 4) is 0 Å². The molecule has 2 N–H and O–H groups in total. The van der Waals surface area contributed by atoms with Crippen LogP contribution in [-0.2, 0) is 16.1 Å². The van der Waals surface area contributed by atoms with Crippen molar-refractivity contribution in [3.05, 3.63) is 17.5 Å². The summed E-state index contributed by atoms with van der Waals surface area (Å²) < 4.78 is 1.74. The van der Waals surface area contributed by atoms with Crippen LogP contribution < -0.4 is 59.1 Å². The normalized spacial score (nSPS) is 9.75. The van der Waals surface area contributed by atoms with Crippen LogP contribution in [0.4, 0.5) is 0 Å². The van der Waals surface area contributed by atoms with E-state index in [9.17, 15) is 9.59 Å². The molecule has 0 aliphatic rings. The zero-order valence-corrected chi connectivity index (χ0v) is 16.5. The topological polar surface area (TPSA) is 95.7 Å². The summed E-state index contributed by atoms with van der Waals surface area (Å²) in [5, 5.41) is 21.6. The molecule has 7 nitrogen and oxygen atoms in total. The van der Waals surface area contributed by atoms with Crippen molar-refractivity contribution in [1.29, 1.82) is 0 Å². The van der Waals surface area contributed by atoms with E-state index < -0.39 is 11.9 Å². The molecule has 104 valence electrons. The Balaban J connectivity index is -0.000000405. The molecule has 0 bridgehead atoms. The standard InChI is InChI=1S/C11H17N3O4.2Na.2H/c1-8-5-9(2)14(12-8)4-3-13(6-10(15)16)7-11(17)18;;;;/h5H,3-4,6-7H2,1-2H3,(H,15,16)(H,17,18);;;;/q;2*+1;2*-1. The summed E-state index contributed by atoms with van der Waals surface area (Å²) in [7, 11) is 0. The second kappa shape index (κ2) is 10.8. The largest absolute Gasteiger partial charge is 1.00 e. The number of aliphatic carboxylic acids is 2. The van der Waals surface area contributed by atoms with Gasteiger partial charge < -0.3 is 13.1 Å². The molecule has 0 aromatic carbocycles. The zero-order chi connectivity index (χ0) is 13.7. The van der Waals surface area contributed by atoms with Crippen LogP contribution in [0.1, 0.15) is 14.2 Å². The van der Waals surface area contributed by atoms with Crippen LogP contribution in [-0.4, -0.2) is 56.5 Å². The fourth-order valence-electron chi connectivity index (χ4n) is 1.73. The Morgan fingerprint density at radius 3 is 2.10 bits per heavy atom. The molecule has 0 atom stereocenters. The minimum atomic E-state index is -1.04. The van der Waals surface area contributed by atoms with Crippen LogP contribution >= 0.6 is 0 Å². The van der Waals surface area contributed by atoms with Crippen molar-refractivity contribution in [2.24, 2.45) is 0 Å². The molecule has 9 heteroatoms. The van der Waals surface area contributed by atoms with Crippen molar-refractivity contribution in [2.45, 2.75) is 20.4 Å². The second-order valence-electron chi connectivity index (χ2n) is 4.15. The van der Waals surface area contributed by atoms with E-state index in [0.29, 0.717) is 13.1 Å². The molecular weight excluding hydrogens is 284 g/mol. The van der Waals surface area contributed by atoms with E-state index in [4.69, 9.17) is 10.2 Å². The zero-order valence-electron chi connectivity index (χ0n) is 14.5.